The van der Waals surface area contributed by atoms with Crippen molar-refractivity contribution in [2.45, 2.75) is 65.7 Å². The lowest BCUT2D eigenvalue weighted by Gasteiger charge is -2.14. The smallest absolute Gasteiger partial charge is 0.0828 e. The zero-order chi connectivity index (χ0) is 13.3. The van der Waals surface area contributed by atoms with E-state index in [4.69, 9.17) is 4.74 Å². The number of aromatic nitrogens is 2. The van der Waals surface area contributed by atoms with E-state index in [2.05, 4.69) is 49.7 Å². The highest BCUT2D eigenvalue weighted by Crippen LogP contribution is 2.24. The topological polar surface area (TPSA) is 39.1 Å². The highest BCUT2D eigenvalue weighted by atomic mass is 16.5. The maximum Gasteiger partial charge on any atom is 0.0828 e. The Bertz CT molecular complexity index is 411. The third-order valence-corrected chi connectivity index (χ3v) is 3.64. The van der Waals surface area contributed by atoms with E-state index in [-0.39, 0.29) is 0 Å². The monoisotopic (exact) mass is 251 g/mol. The molecule has 1 aliphatic heterocycles. The fraction of sp³-hybridized carbons (Fsp3) is 0.786. The zero-order valence-corrected chi connectivity index (χ0v) is 12.2. The molecule has 2 unspecified atom stereocenters. The second-order valence-electron chi connectivity index (χ2n) is 5.61. The van der Waals surface area contributed by atoms with E-state index in [1.807, 2.05) is 0 Å². The van der Waals surface area contributed by atoms with Gasteiger partial charge in [0.1, 0.15) is 0 Å². The molecular formula is C14H25N3O. The maximum absolute atomic E-state index is 5.83. The number of rotatable bonds is 4. The molecule has 0 bridgehead atoms. The molecule has 4 nitrogen and oxygen atoms in total. The van der Waals surface area contributed by atoms with Gasteiger partial charge in [0.2, 0.25) is 0 Å². The molecule has 1 fully saturated rings. The third kappa shape index (κ3) is 2.69. The van der Waals surface area contributed by atoms with Crippen molar-refractivity contribution < 1.29 is 4.74 Å². The van der Waals surface area contributed by atoms with Crippen molar-refractivity contribution in [2.75, 3.05) is 11.9 Å². The predicted octanol–water partition coefficient (Wildman–Crippen LogP) is 3.06. The first kappa shape index (κ1) is 13.4. The molecular weight excluding hydrogens is 226 g/mol. The Hall–Kier alpha value is -1.03. The molecule has 18 heavy (non-hydrogen) atoms. The van der Waals surface area contributed by atoms with Gasteiger partial charge in [0.05, 0.1) is 29.3 Å². The molecule has 0 saturated carbocycles. The average molecular weight is 251 g/mol. The Balaban J connectivity index is 2.01. The molecule has 0 amide bonds. The summed E-state index contributed by atoms with van der Waals surface area (Å²) in [6.07, 6.45) is 3.10. The van der Waals surface area contributed by atoms with E-state index in [9.17, 15) is 0 Å². The minimum absolute atomic E-state index is 0.348. The Labute approximate surface area is 110 Å². The number of hydrogen-bond donors (Lipinski definition) is 1. The van der Waals surface area contributed by atoms with Crippen LogP contribution < -0.4 is 5.32 Å². The van der Waals surface area contributed by atoms with Crippen molar-refractivity contribution in [3.8, 4) is 0 Å². The molecule has 2 rings (SSSR count). The first-order valence-electron chi connectivity index (χ1n) is 6.94. The molecule has 0 spiro atoms. The summed E-state index contributed by atoms with van der Waals surface area (Å²) in [4.78, 5) is 0. The minimum atomic E-state index is 0.348. The Morgan fingerprint density at radius 3 is 2.61 bits per heavy atom. The maximum atomic E-state index is 5.83. The van der Waals surface area contributed by atoms with Crippen LogP contribution in [0.25, 0.3) is 0 Å². The van der Waals surface area contributed by atoms with E-state index in [0.717, 1.165) is 18.7 Å². The van der Waals surface area contributed by atoms with Crippen LogP contribution in [0.2, 0.25) is 0 Å². The van der Waals surface area contributed by atoms with Crippen molar-refractivity contribution in [3.05, 3.63) is 11.4 Å². The Morgan fingerprint density at radius 2 is 2.11 bits per heavy atom. The van der Waals surface area contributed by atoms with Crippen LogP contribution in [-0.4, -0.2) is 28.5 Å². The van der Waals surface area contributed by atoms with Crippen molar-refractivity contribution >= 4 is 5.69 Å². The molecule has 4 heteroatoms. The molecule has 1 aromatic rings. The van der Waals surface area contributed by atoms with Crippen LogP contribution in [0.4, 0.5) is 5.69 Å². The van der Waals surface area contributed by atoms with Gasteiger partial charge in [-0.15, -0.1) is 0 Å². The van der Waals surface area contributed by atoms with Crippen molar-refractivity contribution in [1.82, 2.24) is 9.78 Å². The van der Waals surface area contributed by atoms with Crippen molar-refractivity contribution in [2.24, 2.45) is 0 Å². The molecule has 1 N–H and O–H groups in total. The second kappa shape index (κ2) is 5.31. The molecule has 1 saturated heterocycles. The number of nitrogens with zero attached hydrogens (tertiary/aromatic N) is 2. The molecule has 0 aliphatic carbocycles. The van der Waals surface area contributed by atoms with Gasteiger partial charge in [-0.3, -0.25) is 4.68 Å². The highest BCUT2D eigenvalue weighted by Gasteiger charge is 2.22. The molecule has 0 aromatic carbocycles. The molecule has 2 heterocycles. The lowest BCUT2D eigenvalue weighted by molar-refractivity contribution is 0.0637. The van der Waals surface area contributed by atoms with Crippen LogP contribution in [-0.2, 0) is 4.74 Å². The first-order chi connectivity index (χ1) is 8.49. The van der Waals surface area contributed by atoms with Crippen LogP contribution in [0, 0.1) is 13.8 Å². The van der Waals surface area contributed by atoms with Gasteiger partial charge in [0.25, 0.3) is 0 Å². The molecule has 2 atom stereocenters. The highest BCUT2D eigenvalue weighted by molar-refractivity contribution is 5.52. The number of ether oxygens (including phenoxy) is 1. The Morgan fingerprint density at radius 1 is 1.39 bits per heavy atom. The van der Waals surface area contributed by atoms with Crippen LogP contribution in [0.15, 0.2) is 0 Å². The van der Waals surface area contributed by atoms with Crippen LogP contribution in [0.5, 0.6) is 0 Å². The van der Waals surface area contributed by atoms with Crippen LogP contribution in [0.1, 0.15) is 51.0 Å². The van der Waals surface area contributed by atoms with Gasteiger partial charge >= 0.3 is 0 Å². The fourth-order valence-corrected chi connectivity index (χ4v) is 2.67. The van der Waals surface area contributed by atoms with Crippen LogP contribution in [0.3, 0.4) is 0 Å². The standard InChI is InChI=1S/C14H25N3O/c1-9(2)17-12(5)14(11(4)16-17)15-8-13-7-6-10(3)18-13/h9-10,13,15H,6-8H2,1-5H3. The number of aryl methyl sites for hydroxylation is 1. The summed E-state index contributed by atoms with van der Waals surface area (Å²) in [6, 6.07) is 0.405. The lowest BCUT2D eigenvalue weighted by Crippen LogP contribution is -2.20. The summed E-state index contributed by atoms with van der Waals surface area (Å²) < 4.78 is 7.91. The number of hydrogen-bond acceptors (Lipinski definition) is 3. The summed E-state index contributed by atoms with van der Waals surface area (Å²) >= 11 is 0. The van der Waals surface area contributed by atoms with E-state index >= 15 is 0 Å². The van der Waals surface area contributed by atoms with Crippen LogP contribution >= 0.6 is 0 Å². The fourth-order valence-electron chi connectivity index (χ4n) is 2.67. The summed E-state index contributed by atoms with van der Waals surface area (Å²) in [6.45, 7) is 11.5. The Kier molecular flexibility index (Phi) is 3.95. The zero-order valence-electron chi connectivity index (χ0n) is 12.2. The molecule has 0 radical (unpaired) electrons. The normalized spacial score (nSPS) is 23.9. The van der Waals surface area contributed by atoms with Gasteiger partial charge < -0.3 is 10.1 Å². The largest absolute Gasteiger partial charge is 0.379 e. The average Bonchev–Trinajstić information content (AvgIpc) is 2.82. The van der Waals surface area contributed by atoms with E-state index in [0.29, 0.717) is 18.2 Å². The van der Waals surface area contributed by atoms with Gasteiger partial charge in [0.15, 0.2) is 0 Å². The molecule has 1 aromatic heterocycles. The van der Waals surface area contributed by atoms with E-state index in [1.54, 1.807) is 0 Å². The number of anilines is 1. The van der Waals surface area contributed by atoms with Gasteiger partial charge in [-0.2, -0.15) is 5.10 Å². The second-order valence-corrected chi connectivity index (χ2v) is 5.61. The van der Waals surface area contributed by atoms with E-state index < -0.39 is 0 Å². The first-order valence-corrected chi connectivity index (χ1v) is 6.94. The van der Waals surface area contributed by atoms with Crippen molar-refractivity contribution in [1.29, 1.82) is 0 Å². The van der Waals surface area contributed by atoms with Crippen molar-refractivity contribution in [3.63, 3.8) is 0 Å². The van der Waals surface area contributed by atoms with Gasteiger partial charge in [-0.05, 0) is 47.5 Å². The van der Waals surface area contributed by atoms with E-state index in [1.165, 1.54) is 17.8 Å². The SMILES string of the molecule is Cc1nn(C(C)C)c(C)c1NCC1CCC(C)O1. The lowest BCUT2D eigenvalue weighted by atomic mass is 10.2. The predicted molar refractivity (Wildman–Crippen MR) is 74.1 cm³/mol. The summed E-state index contributed by atoms with van der Waals surface area (Å²) in [5, 5.41) is 8.09. The van der Waals surface area contributed by atoms with Gasteiger partial charge in [-0.25, -0.2) is 0 Å². The summed E-state index contributed by atoms with van der Waals surface area (Å²) in [5.41, 5.74) is 3.47. The quantitative estimate of drug-likeness (QED) is 0.894. The molecule has 1 aliphatic rings. The summed E-state index contributed by atoms with van der Waals surface area (Å²) in [7, 11) is 0. The van der Waals surface area contributed by atoms with Gasteiger partial charge in [0, 0.05) is 12.6 Å². The molecule has 102 valence electrons. The summed E-state index contributed by atoms with van der Waals surface area (Å²) in [5.74, 6) is 0. The minimum Gasteiger partial charge on any atom is -0.379 e. The third-order valence-electron chi connectivity index (χ3n) is 3.64. The number of nitrogens with one attached hydrogen (secondary N) is 1. The van der Waals surface area contributed by atoms with Gasteiger partial charge in [-0.1, -0.05) is 0 Å².